The molecule has 2 aromatic rings. The molecule has 3 rings (SSSR count). The molecule has 2 radical (unpaired) electrons. The molecule has 0 aliphatic carbocycles. The van der Waals surface area contributed by atoms with Crippen LogP contribution in [0.15, 0.2) is 48.5 Å². The maximum atomic E-state index is 5.88. The van der Waals surface area contributed by atoms with Crippen LogP contribution in [-0.2, 0) is 9.47 Å². The van der Waals surface area contributed by atoms with Crippen molar-refractivity contribution in [1.82, 2.24) is 0 Å². The average molecular weight is 294 g/mol. The van der Waals surface area contributed by atoms with Crippen LogP contribution in [0.1, 0.15) is 43.5 Å². The second-order valence-electron chi connectivity index (χ2n) is 5.35. The van der Waals surface area contributed by atoms with Gasteiger partial charge in [0, 0.05) is 11.1 Å². The average Bonchev–Trinajstić information content (AvgIpc) is 2.49. The Hall–Kier alpha value is -1.78. The van der Waals surface area contributed by atoms with Crippen LogP contribution in [0.2, 0.25) is 0 Å². The van der Waals surface area contributed by atoms with Gasteiger partial charge < -0.3 is 14.2 Å². The van der Waals surface area contributed by atoms with Gasteiger partial charge in [-0.15, -0.1) is 0 Å². The van der Waals surface area contributed by atoms with Gasteiger partial charge in [0.15, 0.2) is 12.6 Å². The Morgan fingerprint density at radius 1 is 1.05 bits per heavy atom. The van der Waals surface area contributed by atoms with Crippen molar-refractivity contribution in [2.75, 3.05) is 6.61 Å². The van der Waals surface area contributed by atoms with Crippen molar-refractivity contribution in [2.45, 2.75) is 32.3 Å². The number of rotatable bonds is 6. The molecule has 1 saturated heterocycles. The molecule has 0 amide bonds. The molecular formula is C18H19BO3. The molecule has 1 fully saturated rings. The first kappa shape index (κ1) is 15.1. The molecule has 22 heavy (non-hydrogen) atoms. The van der Waals surface area contributed by atoms with Crippen LogP contribution in [0, 0.1) is 0 Å². The Labute approximate surface area is 132 Å². The smallest absolute Gasteiger partial charge is 0.194 e. The number of hydrogen-bond acceptors (Lipinski definition) is 3. The van der Waals surface area contributed by atoms with Crippen LogP contribution in [0.5, 0.6) is 5.75 Å². The van der Waals surface area contributed by atoms with Crippen molar-refractivity contribution in [2.24, 2.45) is 0 Å². The van der Waals surface area contributed by atoms with Crippen molar-refractivity contribution >= 4 is 13.3 Å². The van der Waals surface area contributed by atoms with E-state index in [1.165, 1.54) is 0 Å². The minimum absolute atomic E-state index is 0.323. The summed E-state index contributed by atoms with van der Waals surface area (Å²) < 4.78 is 17.5. The third-order valence-electron chi connectivity index (χ3n) is 3.61. The molecule has 0 aromatic heterocycles. The summed E-state index contributed by atoms with van der Waals surface area (Å²) in [7, 11) is 5.88. The van der Waals surface area contributed by atoms with Gasteiger partial charge in [-0.25, -0.2) is 0 Å². The Balaban J connectivity index is 1.69. The van der Waals surface area contributed by atoms with Crippen molar-refractivity contribution in [1.29, 1.82) is 0 Å². The number of unbranched alkanes of at least 4 members (excludes halogenated alkanes) is 1. The van der Waals surface area contributed by atoms with E-state index in [1.54, 1.807) is 0 Å². The fourth-order valence-corrected chi connectivity index (χ4v) is 2.36. The molecule has 1 aliphatic rings. The summed E-state index contributed by atoms with van der Waals surface area (Å²) in [5, 5.41) is 0. The van der Waals surface area contributed by atoms with Crippen molar-refractivity contribution < 1.29 is 14.2 Å². The van der Waals surface area contributed by atoms with Crippen LogP contribution >= 0.6 is 0 Å². The molecule has 0 atom stereocenters. The van der Waals surface area contributed by atoms with E-state index in [9.17, 15) is 0 Å². The molecule has 2 aromatic carbocycles. The van der Waals surface area contributed by atoms with E-state index >= 15 is 0 Å². The molecule has 112 valence electrons. The summed E-state index contributed by atoms with van der Waals surface area (Å²) in [6.07, 6.45) is 1.36. The van der Waals surface area contributed by atoms with Crippen molar-refractivity contribution in [3.05, 3.63) is 59.7 Å². The highest BCUT2D eigenvalue weighted by molar-refractivity contribution is 6.32. The summed E-state index contributed by atoms with van der Waals surface area (Å²) in [6.45, 7) is 2.82. The first-order valence-corrected chi connectivity index (χ1v) is 7.66. The van der Waals surface area contributed by atoms with Gasteiger partial charge >= 0.3 is 0 Å². The zero-order chi connectivity index (χ0) is 15.4. The van der Waals surface area contributed by atoms with E-state index in [2.05, 4.69) is 6.92 Å². The van der Waals surface area contributed by atoms with E-state index < -0.39 is 6.29 Å². The summed E-state index contributed by atoms with van der Waals surface area (Å²) in [5.74, 6) is 0.777. The van der Waals surface area contributed by atoms with Gasteiger partial charge in [0.05, 0.1) is 6.61 Å². The molecule has 0 N–H and O–H groups in total. The lowest BCUT2D eigenvalue weighted by molar-refractivity contribution is -0.397. The predicted octanol–water partition coefficient (Wildman–Crippen LogP) is 3.40. The minimum atomic E-state index is -0.426. The molecule has 3 nitrogen and oxygen atoms in total. The Kier molecular flexibility index (Phi) is 4.81. The van der Waals surface area contributed by atoms with Crippen LogP contribution in [0.3, 0.4) is 0 Å². The Bertz CT molecular complexity index is 609. The third-order valence-corrected chi connectivity index (χ3v) is 3.61. The summed E-state index contributed by atoms with van der Waals surface area (Å²) in [6, 6.07) is 15.4. The standard InChI is InChI=1S/C18H19BO3/c1-2-3-11-20-16-10-9-14(19)12-15(16)18-21-17(22-18)13-7-5-4-6-8-13/h4-10,12,17-18H,2-3,11H2,1H3. The summed E-state index contributed by atoms with van der Waals surface area (Å²) >= 11 is 0. The first-order chi connectivity index (χ1) is 10.8. The van der Waals surface area contributed by atoms with Gasteiger partial charge in [-0.2, -0.15) is 0 Å². The Morgan fingerprint density at radius 3 is 2.55 bits per heavy atom. The Morgan fingerprint density at radius 2 is 1.82 bits per heavy atom. The SMILES string of the molecule is [B]c1ccc(OCCCC)c(C2OC(c3ccccc3)O2)c1. The van der Waals surface area contributed by atoms with Crippen LogP contribution < -0.4 is 10.2 Å². The molecule has 1 heterocycles. The number of benzene rings is 2. The lowest BCUT2D eigenvalue weighted by Crippen LogP contribution is -2.28. The first-order valence-electron chi connectivity index (χ1n) is 7.66. The molecule has 1 aliphatic heterocycles. The highest BCUT2D eigenvalue weighted by atomic mass is 16.9. The maximum Gasteiger partial charge on any atom is 0.194 e. The lowest BCUT2D eigenvalue weighted by Gasteiger charge is -2.37. The molecule has 0 bridgehead atoms. The zero-order valence-electron chi connectivity index (χ0n) is 12.7. The van der Waals surface area contributed by atoms with Gasteiger partial charge in [0.1, 0.15) is 13.6 Å². The van der Waals surface area contributed by atoms with E-state index in [0.717, 1.165) is 29.7 Å². The van der Waals surface area contributed by atoms with E-state index in [4.69, 9.17) is 22.1 Å². The van der Waals surface area contributed by atoms with E-state index in [0.29, 0.717) is 12.1 Å². The van der Waals surface area contributed by atoms with Gasteiger partial charge in [-0.3, -0.25) is 0 Å². The highest BCUT2D eigenvalue weighted by Gasteiger charge is 2.35. The molecule has 0 spiro atoms. The topological polar surface area (TPSA) is 27.7 Å². The second kappa shape index (κ2) is 6.99. The van der Waals surface area contributed by atoms with Crippen LogP contribution in [0.25, 0.3) is 0 Å². The zero-order valence-corrected chi connectivity index (χ0v) is 12.7. The molecule has 4 heteroatoms. The number of ether oxygens (including phenoxy) is 3. The van der Waals surface area contributed by atoms with E-state index in [-0.39, 0.29) is 6.29 Å². The van der Waals surface area contributed by atoms with Crippen molar-refractivity contribution in [3.8, 4) is 5.75 Å². The highest BCUT2D eigenvalue weighted by Crippen LogP contribution is 2.43. The normalized spacial score (nSPS) is 20.4. The lowest BCUT2D eigenvalue weighted by atomic mass is 9.93. The fraction of sp³-hybridized carbons (Fsp3) is 0.333. The molecular weight excluding hydrogens is 275 g/mol. The minimum Gasteiger partial charge on any atom is -0.493 e. The third kappa shape index (κ3) is 3.34. The predicted molar refractivity (Wildman–Crippen MR) is 86.3 cm³/mol. The maximum absolute atomic E-state index is 5.88. The van der Waals surface area contributed by atoms with Gasteiger partial charge in [0.25, 0.3) is 0 Å². The summed E-state index contributed by atoms with van der Waals surface area (Å²) in [4.78, 5) is 0. The van der Waals surface area contributed by atoms with Gasteiger partial charge in [-0.1, -0.05) is 61.3 Å². The quantitative estimate of drug-likeness (QED) is 0.603. The summed E-state index contributed by atoms with van der Waals surface area (Å²) in [5.41, 5.74) is 2.53. The largest absolute Gasteiger partial charge is 0.493 e. The van der Waals surface area contributed by atoms with Crippen LogP contribution in [-0.4, -0.2) is 14.5 Å². The molecule has 0 saturated carbocycles. The fourth-order valence-electron chi connectivity index (χ4n) is 2.36. The van der Waals surface area contributed by atoms with E-state index in [1.807, 2.05) is 48.5 Å². The second-order valence-corrected chi connectivity index (χ2v) is 5.35. The van der Waals surface area contributed by atoms with Gasteiger partial charge in [0.2, 0.25) is 0 Å². The van der Waals surface area contributed by atoms with Crippen molar-refractivity contribution in [3.63, 3.8) is 0 Å². The monoisotopic (exact) mass is 294 g/mol. The van der Waals surface area contributed by atoms with Crippen LogP contribution in [0.4, 0.5) is 0 Å². The van der Waals surface area contributed by atoms with Gasteiger partial charge in [-0.05, 0) is 12.5 Å². The molecule has 0 unspecified atom stereocenters. The number of hydrogen-bond donors (Lipinski definition) is 0.